The van der Waals surface area contributed by atoms with Crippen LogP contribution in [-0.2, 0) is 10.3 Å². The number of carbonyl (C=O) groups excluding carboxylic acids is 1. The number of fused-ring (bicyclic) bond motifs is 1. The summed E-state index contributed by atoms with van der Waals surface area (Å²) in [5.41, 5.74) is 2.08. The summed E-state index contributed by atoms with van der Waals surface area (Å²) >= 11 is 6.03. The summed E-state index contributed by atoms with van der Waals surface area (Å²) in [6.45, 7) is 9.16. The van der Waals surface area contributed by atoms with Crippen molar-refractivity contribution in [3.8, 4) is 11.5 Å². The van der Waals surface area contributed by atoms with Crippen LogP contribution in [-0.4, -0.2) is 36.3 Å². The van der Waals surface area contributed by atoms with Gasteiger partial charge in [-0.2, -0.15) is 0 Å². The standard InChI is InChI=1S/C25H28ClNO4/c1-24(2,3)31-23(28)27-14-12-17(13-15-27)20-6-5-7-21-22(20)29-16-25(4,30-21)18-8-10-19(26)11-9-18/h5-12H,13-16H2,1-4H3. The molecule has 1 unspecified atom stereocenters. The molecule has 0 saturated carbocycles. The van der Waals surface area contributed by atoms with Gasteiger partial charge in [0, 0.05) is 23.7 Å². The van der Waals surface area contributed by atoms with Crippen molar-refractivity contribution in [2.75, 3.05) is 19.7 Å². The quantitative estimate of drug-likeness (QED) is 0.569. The molecule has 0 saturated heterocycles. The first-order valence-electron chi connectivity index (χ1n) is 10.5. The zero-order chi connectivity index (χ0) is 22.2. The lowest BCUT2D eigenvalue weighted by Gasteiger charge is -2.37. The molecule has 0 N–H and O–H groups in total. The molecule has 31 heavy (non-hydrogen) atoms. The van der Waals surface area contributed by atoms with E-state index in [0.717, 1.165) is 34.6 Å². The molecule has 2 aromatic carbocycles. The molecule has 4 rings (SSSR count). The predicted octanol–water partition coefficient (Wildman–Crippen LogP) is 6.05. The van der Waals surface area contributed by atoms with Gasteiger partial charge < -0.3 is 19.1 Å². The van der Waals surface area contributed by atoms with Crippen LogP contribution in [0.1, 0.15) is 45.2 Å². The van der Waals surface area contributed by atoms with Crippen molar-refractivity contribution in [1.82, 2.24) is 4.90 Å². The Balaban J connectivity index is 1.53. The summed E-state index contributed by atoms with van der Waals surface area (Å²) < 4.78 is 18.1. The molecule has 1 atom stereocenters. The van der Waals surface area contributed by atoms with Crippen molar-refractivity contribution < 1.29 is 19.0 Å². The number of hydrogen-bond acceptors (Lipinski definition) is 4. The Morgan fingerprint density at radius 3 is 2.55 bits per heavy atom. The van der Waals surface area contributed by atoms with E-state index >= 15 is 0 Å². The van der Waals surface area contributed by atoms with E-state index in [0.29, 0.717) is 24.7 Å². The van der Waals surface area contributed by atoms with Gasteiger partial charge in [0.05, 0.1) is 0 Å². The highest BCUT2D eigenvalue weighted by molar-refractivity contribution is 6.30. The maximum absolute atomic E-state index is 12.3. The van der Waals surface area contributed by atoms with Crippen molar-refractivity contribution in [3.05, 3.63) is 64.7 Å². The molecule has 0 spiro atoms. The van der Waals surface area contributed by atoms with Crippen LogP contribution in [0.5, 0.6) is 11.5 Å². The number of ether oxygens (including phenoxy) is 3. The van der Waals surface area contributed by atoms with Gasteiger partial charge in [-0.3, -0.25) is 0 Å². The Kier molecular flexibility index (Phi) is 5.65. The van der Waals surface area contributed by atoms with Gasteiger partial charge >= 0.3 is 6.09 Å². The zero-order valence-corrected chi connectivity index (χ0v) is 19.2. The van der Waals surface area contributed by atoms with Gasteiger partial charge in [-0.1, -0.05) is 41.9 Å². The fraction of sp³-hybridized carbons (Fsp3) is 0.400. The smallest absolute Gasteiger partial charge is 0.410 e. The Morgan fingerprint density at radius 2 is 1.90 bits per heavy atom. The number of hydrogen-bond donors (Lipinski definition) is 0. The van der Waals surface area contributed by atoms with Crippen molar-refractivity contribution in [1.29, 1.82) is 0 Å². The van der Waals surface area contributed by atoms with Crippen molar-refractivity contribution in [3.63, 3.8) is 0 Å². The van der Waals surface area contributed by atoms with E-state index < -0.39 is 11.2 Å². The average Bonchev–Trinajstić information content (AvgIpc) is 2.72. The summed E-state index contributed by atoms with van der Waals surface area (Å²) in [4.78, 5) is 14.1. The lowest BCUT2D eigenvalue weighted by molar-refractivity contribution is 0.00224. The molecule has 164 valence electrons. The molecule has 6 heteroatoms. The number of benzene rings is 2. The van der Waals surface area contributed by atoms with Crippen LogP contribution >= 0.6 is 11.6 Å². The van der Waals surface area contributed by atoms with Crippen LogP contribution < -0.4 is 9.47 Å². The number of carbonyl (C=O) groups is 1. The molecule has 2 heterocycles. The molecule has 5 nitrogen and oxygen atoms in total. The number of amides is 1. The van der Waals surface area contributed by atoms with E-state index in [1.165, 1.54) is 0 Å². The topological polar surface area (TPSA) is 48.0 Å². The van der Waals surface area contributed by atoms with E-state index in [2.05, 4.69) is 6.08 Å². The largest absolute Gasteiger partial charge is 0.485 e. The van der Waals surface area contributed by atoms with Crippen molar-refractivity contribution in [2.24, 2.45) is 0 Å². The van der Waals surface area contributed by atoms with Gasteiger partial charge in [0.15, 0.2) is 17.1 Å². The number of halogens is 1. The minimum atomic E-state index is -0.593. The molecule has 2 aromatic rings. The summed E-state index contributed by atoms with van der Waals surface area (Å²) in [6, 6.07) is 13.6. The van der Waals surface area contributed by atoms with Crippen LogP contribution in [0, 0.1) is 0 Å². The first kappa shape index (κ1) is 21.6. The maximum atomic E-state index is 12.3. The third kappa shape index (κ3) is 4.67. The van der Waals surface area contributed by atoms with Gasteiger partial charge in [0.2, 0.25) is 0 Å². The lowest BCUT2D eigenvalue weighted by atomic mass is 9.94. The fourth-order valence-electron chi connectivity index (χ4n) is 3.83. The third-order valence-electron chi connectivity index (χ3n) is 5.47. The molecule has 2 aliphatic rings. The maximum Gasteiger partial charge on any atom is 0.410 e. The number of nitrogens with zero attached hydrogens (tertiary/aromatic N) is 1. The molecule has 0 aliphatic carbocycles. The minimum absolute atomic E-state index is 0.281. The minimum Gasteiger partial charge on any atom is -0.485 e. The van der Waals surface area contributed by atoms with Crippen LogP contribution in [0.15, 0.2) is 48.5 Å². The SMILES string of the molecule is CC(C)(C)OC(=O)N1CC=C(c2cccc3c2OCC(C)(c2ccc(Cl)cc2)O3)CC1. The molecule has 1 amide bonds. The third-order valence-corrected chi connectivity index (χ3v) is 5.72. The van der Waals surface area contributed by atoms with Crippen LogP contribution in [0.4, 0.5) is 4.79 Å². The van der Waals surface area contributed by atoms with Gasteiger partial charge in [-0.15, -0.1) is 0 Å². The molecule has 0 bridgehead atoms. The molecule has 0 aromatic heterocycles. The van der Waals surface area contributed by atoms with E-state index in [4.69, 9.17) is 25.8 Å². The molecular formula is C25H28ClNO4. The van der Waals surface area contributed by atoms with E-state index in [-0.39, 0.29) is 6.09 Å². The molecular weight excluding hydrogens is 414 g/mol. The predicted molar refractivity (Wildman–Crippen MR) is 122 cm³/mol. The monoisotopic (exact) mass is 441 g/mol. The van der Waals surface area contributed by atoms with E-state index in [1.54, 1.807) is 4.90 Å². The highest BCUT2D eigenvalue weighted by atomic mass is 35.5. The normalized spacial score (nSPS) is 20.8. The second kappa shape index (κ2) is 8.12. The van der Waals surface area contributed by atoms with Crippen LogP contribution in [0.2, 0.25) is 5.02 Å². The van der Waals surface area contributed by atoms with Gasteiger partial charge in [0.1, 0.15) is 12.2 Å². The van der Waals surface area contributed by atoms with E-state index in [1.807, 2.05) is 70.2 Å². The summed E-state index contributed by atoms with van der Waals surface area (Å²) in [5.74, 6) is 1.47. The first-order valence-corrected chi connectivity index (χ1v) is 10.9. The number of para-hydroxylation sites is 1. The molecule has 0 fully saturated rings. The van der Waals surface area contributed by atoms with E-state index in [9.17, 15) is 4.79 Å². The second-order valence-corrected chi connectivity index (χ2v) is 9.60. The van der Waals surface area contributed by atoms with Gasteiger partial charge in [-0.05, 0) is 63.5 Å². The number of rotatable bonds is 2. The van der Waals surface area contributed by atoms with Crippen molar-refractivity contribution >= 4 is 23.3 Å². The fourth-order valence-corrected chi connectivity index (χ4v) is 3.96. The highest BCUT2D eigenvalue weighted by Gasteiger charge is 2.36. The Labute approximate surface area is 188 Å². The molecule has 0 radical (unpaired) electrons. The highest BCUT2D eigenvalue weighted by Crippen LogP contribution is 2.44. The van der Waals surface area contributed by atoms with Crippen molar-refractivity contribution in [2.45, 2.75) is 45.3 Å². The van der Waals surface area contributed by atoms with Gasteiger partial charge in [0.25, 0.3) is 0 Å². The molecule has 2 aliphatic heterocycles. The Bertz CT molecular complexity index is 1010. The summed E-state index contributed by atoms with van der Waals surface area (Å²) in [7, 11) is 0. The van der Waals surface area contributed by atoms with Gasteiger partial charge in [-0.25, -0.2) is 4.79 Å². The second-order valence-electron chi connectivity index (χ2n) is 9.17. The summed E-state index contributed by atoms with van der Waals surface area (Å²) in [6.07, 6.45) is 2.52. The average molecular weight is 442 g/mol. The zero-order valence-electron chi connectivity index (χ0n) is 18.4. The Morgan fingerprint density at radius 1 is 1.16 bits per heavy atom. The summed E-state index contributed by atoms with van der Waals surface area (Å²) in [5, 5.41) is 0.691. The van der Waals surface area contributed by atoms with Crippen LogP contribution in [0.3, 0.4) is 0 Å². The Hall–Kier alpha value is -2.66. The first-order chi connectivity index (χ1) is 14.6. The van der Waals surface area contributed by atoms with Crippen LogP contribution in [0.25, 0.3) is 5.57 Å². The lowest BCUT2D eigenvalue weighted by Crippen LogP contribution is -2.40.